The zero-order valence-electron chi connectivity index (χ0n) is 14.0. The molecule has 1 atom stereocenters. The topological polar surface area (TPSA) is 85.9 Å². The molecular formula is C17H22N2O5. The number of methoxy groups -OCH3 is 1. The molecule has 2 N–H and O–H groups in total. The van der Waals surface area contributed by atoms with Gasteiger partial charge in [0, 0.05) is 17.9 Å². The number of para-hydroxylation sites is 1. The Morgan fingerprint density at radius 2 is 2.00 bits per heavy atom. The molecule has 1 aliphatic rings. The summed E-state index contributed by atoms with van der Waals surface area (Å²) in [5.74, 6) is 0.0766. The van der Waals surface area contributed by atoms with Crippen LogP contribution >= 0.6 is 0 Å². The van der Waals surface area contributed by atoms with Gasteiger partial charge in [0.25, 0.3) is 0 Å². The Kier molecular flexibility index (Phi) is 6.20. The lowest BCUT2D eigenvalue weighted by molar-refractivity contribution is -0.141. The Hall–Kier alpha value is -2.54. The molecule has 0 bridgehead atoms. The summed E-state index contributed by atoms with van der Waals surface area (Å²) in [7, 11) is 1.54. The van der Waals surface area contributed by atoms with Gasteiger partial charge in [-0.1, -0.05) is 18.2 Å². The first-order chi connectivity index (χ1) is 11.6. The summed E-state index contributed by atoms with van der Waals surface area (Å²) in [5.41, 5.74) is 1.48. The highest BCUT2D eigenvalue weighted by atomic mass is 16.6. The molecule has 0 spiro atoms. The van der Waals surface area contributed by atoms with Crippen molar-refractivity contribution in [1.29, 1.82) is 0 Å². The maximum absolute atomic E-state index is 12.5. The molecule has 0 unspecified atom stereocenters. The van der Waals surface area contributed by atoms with Crippen molar-refractivity contribution in [2.45, 2.75) is 19.9 Å². The van der Waals surface area contributed by atoms with E-state index in [2.05, 4.69) is 10.6 Å². The van der Waals surface area contributed by atoms with E-state index in [1.54, 1.807) is 26.2 Å². The van der Waals surface area contributed by atoms with Gasteiger partial charge in [-0.15, -0.1) is 0 Å². The Balaban J connectivity index is 2.28. The van der Waals surface area contributed by atoms with Crippen LogP contribution in [0.2, 0.25) is 0 Å². The van der Waals surface area contributed by atoms with Gasteiger partial charge in [-0.2, -0.15) is 0 Å². The van der Waals surface area contributed by atoms with Crippen molar-refractivity contribution in [3.05, 3.63) is 41.1 Å². The van der Waals surface area contributed by atoms with Crippen molar-refractivity contribution in [2.75, 3.05) is 26.9 Å². The van der Waals surface area contributed by atoms with Crippen LogP contribution in [0.4, 0.5) is 4.79 Å². The minimum atomic E-state index is -0.644. The number of hydrogen-bond donors (Lipinski definition) is 2. The van der Waals surface area contributed by atoms with Crippen LogP contribution in [-0.2, 0) is 14.3 Å². The summed E-state index contributed by atoms with van der Waals surface area (Å²) in [5, 5.41) is 5.36. The number of hydrogen-bond acceptors (Lipinski definition) is 5. The summed E-state index contributed by atoms with van der Waals surface area (Å²) in [6, 6.07) is 6.19. The van der Waals surface area contributed by atoms with Crippen molar-refractivity contribution < 1.29 is 23.8 Å². The van der Waals surface area contributed by atoms with Crippen LogP contribution in [0.1, 0.15) is 25.5 Å². The molecule has 2 rings (SSSR count). The molecule has 0 aliphatic carbocycles. The molecule has 0 fully saturated rings. The maximum atomic E-state index is 12.5. The molecule has 7 heteroatoms. The highest BCUT2D eigenvalue weighted by molar-refractivity contribution is 5.95. The lowest BCUT2D eigenvalue weighted by atomic mass is 9.95. The van der Waals surface area contributed by atoms with Gasteiger partial charge in [-0.25, -0.2) is 9.59 Å². The average Bonchev–Trinajstić information content (AvgIpc) is 2.57. The fourth-order valence-corrected chi connectivity index (χ4v) is 2.52. The number of ether oxygens (including phenoxy) is 3. The van der Waals surface area contributed by atoms with E-state index in [1.807, 2.05) is 19.1 Å². The van der Waals surface area contributed by atoms with Crippen LogP contribution in [-0.4, -0.2) is 38.9 Å². The Morgan fingerprint density at radius 3 is 2.71 bits per heavy atom. The van der Waals surface area contributed by atoms with E-state index in [4.69, 9.17) is 14.2 Å². The normalized spacial score (nSPS) is 17.1. The summed E-state index contributed by atoms with van der Waals surface area (Å²) < 4.78 is 15.8. The molecule has 1 aromatic carbocycles. The monoisotopic (exact) mass is 334 g/mol. The zero-order valence-corrected chi connectivity index (χ0v) is 14.0. The van der Waals surface area contributed by atoms with E-state index < -0.39 is 12.0 Å². The Morgan fingerprint density at radius 1 is 1.25 bits per heavy atom. The molecule has 2 amide bonds. The van der Waals surface area contributed by atoms with Gasteiger partial charge in [0.2, 0.25) is 0 Å². The number of carbonyl (C=O) groups is 2. The number of esters is 1. The highest BCUT2D eigenvalue weighted by Crippen LogP contribution is 2.33. The Labute approximate surface area is 141 Å². The molecule has 1 heterocycles. The van der Waals surface area contributed by atoms with E-state index in [0.29, 0.717) is 35.8 Å². The number of urea groups is 1. The first-order valence-corrected chi connectivity index (χ1v) is 7.74. The Bertz CT molecular complexity index is 642. The van der Waals surface area contributed by atoms with E-state index in [1.165, 1.54) is 0 Å². The quantitative estimate of drug-likeness (QED) is 0.587. The number of rotatable bonds is 7. The van der Waals surface area contributed by atoms with Gasteiger partial charge in [0.1, 0.15) is 12.4 Å². The van der Waals surface area contributed by atoms with Gasteiger partial charge in [0.05, 0.1) is 25.3 Å². The second kappa shape index (κ2) is 8.35. The molecule has 0 aromatic heterocycles. The lowest BCUT2D eigenvalue weighted by Crippen LogP contribution is -2.45. The molecule has 130 valence electrons. The smallest absolute Gasteiger partial charge is 0.338 e. The predicted octanol–water partition coefficient (Wildman–Crippen LogP) is 1.90. The molecule has 7 nitrogen and oxygen atoms in total. The predicted molar refractivity (Wildman–Crippen MR) is 87.6 cm³/mol. The first-order valence-electron chi connectivity index (χ1n) is 7.74. The molecule has 0 saturated carbocycles. The van der Waals surface area contributed by atoms with Crippen molar-refractivity contribution in [3.63, 3.8) is 0 Å². The lowest BCUT2D eigenvalue weighted by Gasteiger charge is -2.29. The van der Waals surface area contributed by atoms with E-state index in [9.17, 15) is 9.59 Å². The SMILES string of the molecule is CCOCCOC(=O)C1=C(C)NC(=O)N[C@H]1c1ccccc1OC. The average molecular weight is 334 g/mol. The van der Waals surface area contributed by atoms with Crippen molar-refractivity contribution in [1.82, 2.24) is 10.6 Å². The van der Waals surface area contributed by atoms with Crippen molar-refractivity contribution in [2.24, 2.45) is 0 Å². The molecule has 1 aromatic rings. The fourth-order valence-electron chi connectivity index (χ4n) is 2.52. The number of amides is 2. The first kappa shape index (κ1) is 17.8. The van der Waals surface area contributed by atoms with Gasteiger partial charge < -0.3 is 24.8 Å². The van der Waals surface area contributed by atoms with E-state index in [-0.39, 0.29) is 12.6 Å². The number of nitrogens with one attached hydrogen (secondary N) is 2. The molecular weight excluding hydrogens is 312 g/mol. The fraction of sp³-hybridized carbons (Fsp3) is 0.412. The van der Waals surface area contributed by atoms with Crippen molar-refractivity contribution >= 4 is 12.0 Å². The zero-order chi connectivity index (χ0) is 17.5. The van der Waals surface area contributed by atoms with E-state index >= 15 is 0 Å². The van der Waals surface area contributed by atoms with Crippen LogP contribution in [0.5, 0.6) is 5.75 Å². The third kappa shape index (κ3) is 4.05. The maximum Gasteiger partial charge on any atom is 0.338 e. The minimum absolute atomic E-state index is 0.149. The third-order valence-corrected chi connectivity index (χ3v) is 3.60. The van der Waals surface area contributed by atoms with Gasteiger partial charge in [-0.3, -0.25) is 0 Å². The van der Waals surface area contributed by atoms with Gasteiger partial charge in [0.15, 0.2) is 0 Å². The summed E-state index contributed by atoms with van der Waals surface area (Å²) in [6.07, 6.45) is 0. The van der Waals surface area contributed by atoms with Crippen molar-refractivity contribution in [3.8, 4) is 5.75 Å². The van der Waals surface area contributed by atoms with Crippen LogP contribution in [0.15, 0.2) is 35.5 Å². The standard InChI is InChI=1S/C17H22N2O5/c1-4-23-9-10-24-16(20)14-11(2)18-17(21)19-15(14)12-7-5-6-8-13(12)22-3/h5-8,15H,4,9-10H2,1-3H3,(H2,18,19,21)/t15-/m0/s1. The van der Waals surface area contributed by atoms with E-state index in [0.717, 1.165) is 0 Å². The largest absolute Gasteiger partial charge is 0.496 e. The minimum Gasteiger partial charge on any atom is -0.496 e. The summed E-state index contributed by atoms with van der Waals surface area (Å²) in [4.78, 5) is 24.3. The molecule has 24 heavy (non-hydrogen) atoms. The second-order valence-electron chi connectivity index (χ2n) is 5.14. The number of benzene rings is 1. The number of carbonyl (C=O) groups excluding carboxylic acids is 2. The summed E-state index contributed by atoms with van der Waals surface area (Å²) >= 11 is 0. The van der Waals surface area contributed by atoms with Gasteiger partial charge in [-0.05, 0) is 19.9 Å². The molecule has 1 aliphatic heterocycles. The number of allylic oxidation sites excluding steroid dienone is 1. The third-order valence-electron chi connectivity index (χ3n) is 3.60. The van der Waals surface area contributed by atoms with Crippen LogP contribution in [0.3, 0.4) is 0 Å². The second-order valence-corrected chi connectivity index (χ2v) is 5.14. The van der Waals surface area contributed by atoms with Crippen LogP contribution in [0.25, 0.3) is 0 Å². The van der Waals surface area contributed by atoms with Crippen LogP contribution < -0.4 is 15.4 Å². The summed E-state index contributed by atoms with van der Waals surface area (Å²) in [6.45, 7) is 4.57. The molecule has 0 radical (unpaired) electrons. The highest BCUT2D eigenvalue weighted by Gasteiger charge is 2.33. The molecule has 0 saturated heterocycles. The van der Waals surface area contributed by atoms with Crippen LogP contribution in [0, 0.1) is 0 Å². The van der Waals surface area contributed by atoms with Gasteiger partial charge >= 0.3 is 12.0 Å².